The largest absolute Gasteiger partial charge is 0.547 e. The standard InChI is InChI=1S/C30H48N2O21.C16H27NO12/c1-7-11(5-33)47-28(13(15(7)37)31-9(3)35)51-22-17(39)19(41)30(53-24(22)26(44)45)50-20-8(2)12(6-34)48-29(14(20)32-10(4)36)52-21-16(38)18(40)27(46)49-23(21)25(42)43;1-5(19)17-7-12(8(20)6(4-18)27-15(7)26-3)28-16-11(23)9(21)10(22)13(29-16)14(24)25-2/h7-8,11-24,27-30,33-34,37-41,46H,5-6H2,1-4H3,(H,31,35)(H,32,36)(H,42,43)(H,44,45);6-13,15-16,18,20-23H,4H2,1-3H3,(H,17,19)/p-2. The van der Waals surface area contributed by atoms with Gasteiger partial charge < -0.3 is 159 Å². The van der Waals surface area contributed by atoms with Gasteiger partial charge in [0.1, 0.15) is 104 Å². The molecule has 30 atom stereocenters. The quantitative estimate of drug-likeness (QED) is 0.0567. The number of carboxylic acids is 2. The molecule has 6 aliphatic rings. The molecule has 0 aromatic rings. The topological polar surface area (TPSA) is 558 Å². The number of amides is 3. The summed E-state index contributed by atoms with van der Waals surface area (Å²) in [6.45, 7) is 4.29. The van der Waals surface area contributed by atoms with Gasteiger partial charge in [-0.25, -0.2) is 4.79 Å². The maximum Gasteiger partial charge on any atom is 0.337 e. The zero-order valence-corrected chi connectivity index (χ0v) is 44.9. The van der Waals surface area contributed by atoms with Gasteiger partial charge in [-0.1, -0.05) is 13.8 Å². The smallest absolute Gasteiger partial charge is 0.337 e. The Bertz CT molecular complexity index is 2140. The first-order chi connectivity index (χ1) is 38.5. The Hall–Kier alpha value is -4.14. The Balaban J connectivity index is 0.000000358. The third kappa shape index (κ3) is 15.5. The summed E-state index contributed by atoms with van der Waals surface area (Å²) in [5.41, 5.74) is 0. The van der Waals surface area contributed by atoms with Crippen LogP contribution in [0.4, 0.5) is 0 Å². The third-order valence-corrected chi connectivity index (χ3v) is 14.5. The molecule has 6 aliphatic heterocycles. The molecular formula is C46H73N3O33-2. The number of carbonyl (C=O) groups is 6. The van der Waals surface area contributed by atoms with Crippen LogP contribution in [0.25, 0.3) is 0 Å². The van der Waals surface area contributed by atoms with Gasteiger partial charge in [0.05, 0.1) is 63.3 Å². The first-order valence-electron chi connectivity index (χ1n) is 25.5. The van der Waals surface area contributed by atoms with Crippen LogP contribution < -0.4 is 26.2 Å². The van der Waals surface area contributed by atoms with Gasteiger partial charge in [0.15, 0.2) is 43.8 Å². The summed E-state index contributed by atoms with van der Waals surface area (Å²) in [4.78, 5) is 71.9. The number of methoxy groups -OCH3 is 2. The monoisotopic (exact) mass is 1200 g/mol. The zero-order chi connectivity index (χ0) is 61.5. The molecule has 36 nitrogen and oxygen atoms in total. The number of aliphatic carboxylic acids is 2. The molecule has 0 radical (unpaired) electrons. The van der Waals surface area contributed by atoms with Gasteiger partial charge in [-0.05, 0) is 0 Å². The first-order valence-corrected chi connectivity index (χ1v) is 25.5. The molecule has 0 aromatic heterocycles. The summed E-state index contributed by atoms with van der Waals surface area (Å²) in [5.74, 6) is -8.69. The molecule has 30 unspecified atom stereocenters. The van der Waals surface area contributed by atoms with Crippen molar-refractivity contribution < 1.29 is 162 Å². The summed E-state index contributed by atoms with van der Waals surface area (Å²) >= 11 is 0. The van der Waals surface area contributed by atoms with Crippen molar-refractivity contribution in [1.29, 1.82) is 0 Å². The number of ether oxygens (including phenoxy) is 12. The van der Waals surface area contributed by atoms with Crippen LogP contribution in [0, 0.1) is 11.8 Å². The molecule has 0 spiro atoms. The van der Waals surface area contributed by atoms with Crippen molar-refractivity contribution >= 4 is 35.6 Å². The van der Waals surface area contributed by atoms with E-state index in [9.17, 15) is 105 Å². The lowest BCUT2D eigenvalue weighted by Crippen LogP contribution is -2.70. The van der Waals surface area contributed by atoms with Crippen molar-refractivity contribution in [1.82, 2.24) is 16.0 Å². The minimum atomic E-state index is -2.26. The van der Waals surface area contributed by atoms with Crippen molar-refractivity contribution in [2.45, 2.75) is 206 Å². The number of carboxylic acid groups (broad SMARTS) is 2. The second-order valence-electron chi connectivity index (χ2n) is 20.1. The SMILES string of the molecule is CC(=O)NC1C(OC2C(C(=O)[O-])OC(OC3C(C)C(CO)OC(OC4C(C(=O)[O-])OC(O)C(O)C4O)C3NC(C)=O)C(O)C2O)OC(CO)C(C)C1O.COC(=O)C1OC(OC2C(O)C(CO)OC(OC)C2NC(C)=O)C(O)C(O)C1O. The van der Waals surface area contributed by atoms with E-state index in [4.69, 9.17) is 52.1 Å². The van der Waals surface area contributed by atoms with Gasteiger partial charge >= 0.3 is 5.97 Å². The summed E-state index contributed by atoms with van der Waals surface area (Å²) in [6.07, 6.45) is -44.1. The van der Waals surface area contributed by atoms with Gasteiger partial charge in [-0.2, -0.15) is 0 Å². The van der Waals surface area contributed by atoms with E-state index in [0.29, 0.717) is 0 Å². The Morgan fingerprint density at radius 3 is 1.29 bits per heavy atom. The summed E-state index contributed by atoms with van der Waals surface area (Å²) in [5, 5.41) is 165. The lowest BCUT2D eigenvalue weighted by Gasteiger charge is -2.51. The zero-order valence-electron chi connectivity index (χ0n) is 44.9. The lowest BCUT2D eigenvalue weighted by molar-refractivity contribution is -0.383. The Kier molecular flexibility index (Phi) is 24.9. The van der Waals surface area contributed by atoms with Crippen molar-refractivity contribution in [2.24, 2.45) is 11.8 Å². The Morgan fingerprint density at radius 2 is 0.817 bits per heavy atom. The molecule has 0 saturated carbocycles. The summed E-state index contributed by atoms with van der Waals surface area (Å²) in [6, 6.07) is -4.01. The van der Waals surface area contributed by atoms with Crippen LogP contribution >= 0.6 is 0 Å². The second kappa shape index (κ2) is 29.8. The van der Waals surface area contributed by atoms with Crippen LogP contribution in [0.5, 0.6) is 0 Å². The fourth-order valence-electron chi connectivity index (χ4n) is 9.99. The molecule has 0 bridgehead atoms. The minimum absolute atomic E-state index is 0.517. The number of esters is 1. The van der Waals surface area contributed by atoms with Crippen molar-refractivity contribution in [3.8, 4) is 0 Å². The molecule has 16 N–H and O–H groups in total. The number of aliphatic hydroxyl groups is 13. The molecular weight excluding hydrogens is 1120 g/mol. The van der Waals surface area contributed by atoms with E-state index in [1.165, 1.54) is 27.9 Å². The number of nitrogens with one attached hydrogen (secondary N) is 3. The lowest BCUT2D eigenvalue weighted by atomic mass is 9.88. The van der Waals surface area contributed by atoms with Gasteiger partial charge in [0.2, 0.25) is 17.7 Å². The van der Waals surface area contributed by atoms with E-state index in [2.05, 4.69) is 20.7 Å². The molecule has 6 heterocycles. The third-order valence-electron chi connectivity index (χ3n) is 14.5. The fourth-order valence-corrected chi connectivity index (χ4v) is 9.99. The Morgan fingerprint density at radius 1 is 0.415 bits per heavy atom. The van der Waals surface area contributed by atoms with Crippen LogP contribution in [0.15, 0.2) is 0 Å². The van der Waals surface area contributed by atoms with E-state index in [-0.39, 0.29) is 0 Å². The average Bonchev–Trinajstić information content (AvgIpc) is 3.25. The highest BCUT2D eigenvalue weighted by molar-refractivity contribution is 5.76. The minimum Gasteiger partial charge on any atom is -0.547 e. The van der Waals surface area contributed by atoms with E-state index >= 15 is 0 Å². The summed E-state index contributed by atoms with van der Waals surface area (Å²) < 4.78 is 65.0. The summed E-state index contributed by atoms with van der Waals surface area (Å²) in [7, 11) is 2.30. The molecule has 6 rings (SSSR count). The predicted octanol–water partition coefficient (Wildman–Crippen LogP) is -13.8. The van der Waals surface area contributed by atoms with Crippen LogP contribution in [0.1, 0.15) is 34.6 Å². The van der Waals surface area contributed by atoms with Crippen molar-refractivity contribution in [3.05, 3.63) is 0 Å². The molecule has 36 heteroatoms. The van der Waals surface area contributed by atoms with Gasteiger partial charge in [-0.3, -0.25) is 14.4 Å². The first kappa shape index (κ1) is 68.6. The highest BCUT2D eigenvalue weighted by Crippen LogP contribution is 2.37. The maximum atomic E-state index is 12.4. The molecule has 0 aliphatic carbocycles. The van der Waals surface area contributed by atoms with Crippen LogP contribution in [0.3, 0.4) is 0 Å². The highest BCUT2D eigenvalue weighted by atomic mass is 16.8. The van der Waals surface area contributed by atoms with E-state index in [0.717, 1.165) is 21.0 Å². The van der Waals surface area contributed by atoms with E-state index < -0.39 is 239 Å². The van der Waals surface area contributed by atoms with Gasteiger partial charge in [0.25, 0.3) is 0 Å². The molecule has 3 amide bonds. The van der Waals surface area contributed by atoms with Gasteiger partial charge in [0, 0.05) is 39.7 Å². The predicted molar refractivity (Wildman–Crippen MR) is 249 cm³/mol. The highest BCUT2D eigenvalue weighted by Gasteiger charge is 2.57. The molecule has 0 aromatic carbocycles. The number of aliphatic hydroxyl groups excluding tert-OH is 13. The fraction of sp³-hybridized carbons (Fsp3) is 0.870. The average molecular weight is 1200 g/mol. The molecule has 82 heavy (non-hydrogen) atoms. The number of carbonyl (C=O) groups excluding carboxylic acids is 6. The number of hydrogen-bond acceptors (Lipinski definition) is 33. The number of hydrogen-bond donors (Lipinski definition) is 16. The maximum absolute atomic E-state index is 12.4. The second-order valence-corrected chi connectivity index (χ2v) is 20.1. The van der Waals surface area contributed by atoms with Crippen molar-refractivity contribution in [2.75, 3.05) is 34.0 Å². The van der Waals surface area contributed by atoms with Crippen molar-refractivity contribution in [3.63, 3.8) is 0 Å². The van der Waals surface area contributed by atoms with Crippen LogP contribution in [0.2, 0.25) is 0 Å². The molecule has 6 fully saturated rings. The number of rotatable bonds is 18. The Labute approximate surface area is 465 Å². The van der Waals surface area contributed by atoms with Crippen LogP contribution in [-0.4, -0.2) is 308 Å². The van der Waals surface area contributed by atoms with Crippen LogP contribution in [-0.2, 0) is 85.6 Å². The van der Waals surface area contributed by atoms with Gasteiger partial charge in [-0.15, -0.1) is 0 Å². The van der Waals surface area contributed by atoms with E-state index in [1.807, 2.05) is 0 Å². The molecule has 472 valence electrons. The normalized spacial score (nSPS) is 45.1. The molecule has 6 saturated heterocycles. The van der Waals surface area contributed by atoms with E-state index in [1.54, 1.807) is 0 Å².